The Morgan fingerprint density at radius 3 is 1.87 bits per heavy atom. The molecule has 3 aliphatic rings. The first kappa shape index (κ1) is 70.1. The summed E-state index contributed by atoms with van der Waals surface area (Å²) in [6.45, 7) is 17.6. The van der Waals surface area contributed by atoms with Crippen LogP contribution in [0.15, 0.2) is 133 Å². The van der Waals surface area contributed by atoms with Crippen molar-refractivity contribution in [3.8, 4) is 0 Å². The number of azide groups is 1. The van der Waals surface area contributed by atoms with Gasteiger partial charge >= 0.3 is 25.9 Å². The zero-order valence-corrected chi connectivity index (χ0v) is 53.8. The number of nitrogens with one attached hydrogen (secondary N) is 1. The Bertz CT molecular complexity index is 2960. The Labute approximate surface area is 521 Å². The third kappa shape index (κ3) is 20.8. The molecule has 4 aromatic carbocycles. The van der Waals surface area contributed by atoms with Gasteiger partial charge in [0.2, 0.25) is 5.91 Å². The highest BCUT2D eigenvalue weighted by Crippen LogP contribution is 2.55. The first-order chi connectivity index (χ1) is 42.7. The number of fused-ring (bicyclic) bond motifs is 1. The van der Waals surface area contributed by atoms with Gasteiger partial charge in [-0.2, -0.15) is 0 Å². The van der Waals surface area contributed by atoms with Crippen LogP contribution in [0.2, 0.25) is 18.1 Å². The quantitative estimate of drug-likeness (QED) is 0.00716. The average Bonchev–Trinajstić information content (AvgIpc) is 1.56. The molecule has 1 amide bonds. The molecule has 0 saturated carbocycles. The number of ether oxygens (including phenoxy) is 10. The maximum absolute atomic E-state index is 15.0. The molecule has 0 radical (unpaired) electrons. The predicted octanol–water partition coefficient (Wildman–Crippen LogP) is 11.8. The lowest BCUT2D eigenvalue weighted by atomic mass is 9.95. The summed E-state index contributed by atoms with van der Waals surface area (Å²) in [5, 5.41) is 6.68. The van der Waals surface area contributed by atoms with Crippen molar-refractivity contribution in [3.63, 3.8) is 0 Å². The molecule has 1 N–H and O–H groups in total. The number of carbonyl (C=O) groups excluding carboxylic acids is 4. The van der Waals surface area contributed by atoms with Crippen LogP contribution in [0.1, 0.15) is 101 Å². The molecule has 23 nitrogen and oxygen atoms in total. The molecular weight excluding hydrogens is 1190 g/mol. The summed E-state index contributed by atoms with van der Waals surface area (Å²) in [4.78, 5) is 58.9. The van der Waals surface area contributed by atoms with Gasteiger partial charge in [-0.1, -0.05) is 175 Å². The second-order valence-electron chi connectivity index (χ2n) is 23.2. The van der Waals surface area contributed by atoms with Crippen molar-refractivity contribution in [2.45, 2.75) is 198 Å². The van der Waals surface area contributed by atoms with Gasteiger partial charge in [0.25, 0.3) is 0 Å². The van der Waals surface area contributed by atoms with Crippen molar-refractivity contribution >= 4 is 40.1 Å². The lowest BCUT2D eigenvalue weighted by molar-refractivity contribution is -0.300. The van der Waals surface area contributed by atoms with Crippen molar-refractivity contribution in [1.29, 1.82) is 0 Å². The molecule has 4 aromatic rings. The Morgan fingerprint density at radius 2 is 1.29 bits per heavy atom. The van der Waals surface area contributed by atoms with Crippen molar-refractivity contribution < 1.29 is 89.1 Å². The van der Waals surface area contributed by atoms with E-state index in [-0.39, 0.29) is 71.9 Å². The van der Waals surface area contributed by atoms with Crippen molar-refractivity contribution in [2.75, 3.05) is 19.8 Å². The third-order valence-corrected chi connectivity index (χ3v) is 21.5. The predicted molar refractivity (Wildman–Crippen MR) is 327 cm³/mol. The van der Waals surface area contributed by atoms with E-state index in [4.69, 9.17) is 65.4 Å². The normalized spacial score (nSPS) is 24.0. The van der Waals surface area contributed by atoms with Gasteiger partial charge in [-0.3, -0.25) is 28.0 Å². The van der Waals surface area contributed by atoms with E-state index in [0.29, 0.717) is 17.5 Å². The molecule has 484 valence electrons. The summed E-state index contributed by atoms with van der Waals surface area (Å²) in [5.41, 5.74) is 14.1. The van der Waals surface area contributed by atoms with E-state index in [2.05, 4.69) is 21.9 Å². The van der Waals surface area contributed by atoms with Gasteiger partial charge in [0.1, 0.15) is 55.3 Å². The molecule has 0 bridgehead atoms. The zero-order valence-electron chi connectivity index (χ0n) is 51.9. The molecule has 3 heterocycles. The fraction of sp³-hybridized carbons (Fsp3) is 0.531. The summed E-state index contributed by atoms with van der Waals surface area (Å²) < 4.78 is 104. The van der Waals surface area contributed by atoms with E-state index >= 15 is 4.57 Å². The minimum Gasteiger partial charge on any atom is -0.462 e. The van der Waals surface area contributed by atoms with Gasteiger partial charge in [-0.25, -0.2) is 9.36 Å². The third-order valence-electron chi connectivity index (χ3n) is 15.7. The van der Waals surface area contributed by atoms with E-state index < -0.39 is 125 Å². The SMILES string of the molecule is C=CCOC(=O)O[C@@H]1C(NC(=O)C[C@@H](CC)OC(=O)CC)[C@H](OCC2O[C@@H](O[Si](C)(C)C(C)(C)C)C(N=[N+]=[N-])[C@@H](OC(=O)C[C@H](CC)OCc3ccccc3)[C@H]2OCc2ccccc2)OC(COCc2ccccc2)[C@@H]1OP1(=O)OCc2ccccc2CO1. The highest BCUT2D eigenvalue weighted by Gasteiger charge is 2.56. The Kier molecular flexibility index (Phi) is 26.9. The number of phosphoric ester groups is 1. The van der Waals surface area contributed by atoms with Crippen LogP contribution < -0.4 is 5.32 Å². The van der Waals surface area contributed by atoms with Crippen LogP contribution in [0.5, 0.6) is 0 Å². The molecule has 2 fully saturated rings. The second-order valence-corrected chi connectivity index (χ2v) is 29.6. The van der Waals surface area contributed by atoms with E-state index in [1.54, 1.807) is 38.1 Å². The molecule has 0 aliphatic carbocycles. The van der Waals surface area contributed by atoms with Crippen LogP contribution in [0, 0.1) is 0 Å². The molecule has 4 unspecified atom stereocenters. The monoisotopic (exact) mass is 1270 g/mol. The van der Waals surface area contributed by atoms with E-state index in [1.165, 1.54) is 6.08 Å². The first-order valence-electron chi connectivity index (χ1n) is 30.1. The van der Waals surface area contributed by atoms with Crippen molar-refractivity contribution in [3.05, 3.63) is 166 Å². The van der Waals surface area contributed by atoms with E-state index in [1.807, 2.05) is 132 Å². The van der Waals surface area contributed by atoms with Crippen LogP contribution in [-0.4, -0.2) is 126 Å². The summed E-state index contributed by atoms with van der Waals surface area (Å²) in [5.74, 6) is -1.96. The van der Waals surface area contributed by atoms with E-state index in [0.717, 1.165) is 16.7 Å². The maximum Gasteiger partial charge on any atom is 0.509 e. The molecule has 0 aromatic heterocycles. The van der Waals surface area contributed by atoms with Crippen LogP contribution in [0.3, 0.4) is 0 Å². The molecule has 89 heavy (non-hydrogen) atoms. The number of hydrogen-bond acceptors (Lipinski definition) is 20. The first-order valence-corrected chi connectivity index (χ1v) is 34.5. The summed E-state index contributed by atoms with van der Waals surface area (Å²) in [6.07, 6.45) is -13.1. The fourth-order valence-corrected chi connectivity index (χ4v) is 12.1. The standard InChI is InChI=1S/C64H85N4O19PSi/c1-10-33-75-63(72)85-59-55(66-52(69)34-49(12-3)81-53(70)13-4)61(82-50(41-74-36-43-25-17-14-18-26-43)58(59)86-88(73)79-39-46-31-23-24-32-47(46)40-80-88)78-42-51-57(77-38-45-29-21-16-22-30-45)60(56(67-68-65)62(83-51)87-89(8,9)64(5,6)7)84-54(71)35-48(11-2)76-37-44-27-19-15-20-28-44/h10,14-32,48-51,55-62H,1,11-13,33-42H2,2-9H3,(H,66,69)/t48-,49+,50?,51?,55?,56?,57-,58-,59+,60+,61+,62-/m0/s1. The lowest BCUT2D eigenvalue weighted by Gasteiger charge is -2.49. The minimum absolute atomic E-state index is 0.0391. The van der Waals surface area contributed by atoms with Crippen molar-refractivity contribution in [1.82, 2.24) is 5.32 Å². The molecule has 25 heteroatoms. The highest BCUT2D eigenvalue weighted by molar-refractivity contribution is 7.48. The number of carbonyl (C=O) groups is 4. The number of nitrogens with zero attached hydrogens (tertiary/aromatic N) is 3. The second kappa shape index (κ2) is 34.2. The summed E-state index contributed by atoms with van der Waals surface area (Å²) in [7, 11) is -7.54. The Balaban J connectivity index is 1.32. The van der Waals surface area contributed by atoms with Gasteiger partial charge in [0.05, 0.1) is 65.2 Å². The van der Waals surface area contributed by atoms with Crippen molar-refractivity contribution in [2.24, 2.45) is 5.11 Å². The fourth-order valence-electron chi connectivity index (χ4n) is 9.67. The summed E-state index contributed by atoms with van der Waals surface area (Å²) in [6, 6.07) is 32.2. The number of amides is 1. The molecular formula is C64H85N4O19PSi. The number of esters is 2. The van der Waals surface area contributed by atoms with Crippen LogP contribution in [0.4, 0.5) is 4.79 Å². The largest absolute Gasteiger partial charge is 0.509 e. The number of rotatable bonds is 31. The summed E-state index contributed by atoms with van der Waals surface area (Å²) >= 11 is 0. The zero-order chi connectivity index (χ0) is 64.0. The number of benzene rings is 4. The van der Waals surface area contributed by atoms with E-state index in [9.17, 15) is 24.7 Å². The molecule has 12 atom stereocenters. The minimum atomic E-state index is -4.67. The Morgan fingerprint density at radius 1 is 0.719 bits per heavy atom. The van der Waals surface area contributed by atoms with Gasteiger partial charge < -0.3 is 57.1 Å². The number of hydrogen-bond donors (Lipinski definition) is 1. The van der Waals surface area contributed by atoms with Crippen LogP contribution in [0.25, 0.3) is 10.4 Å². The average molecular weight is 1270 g/mol. The van der Waals surface area contributed by atoms with Crippen LogP contribution in [-0.2, 0) is 117 Å². The Hall–Kier alpha value is -6.34. The van der Waals surface area contributed by atoms with Gasteiger partial charge in [0.15, 0.2) is 27.0 Å². The van der Waals surface area contributed by atoms with Gasteiger partial charge in [-0.15, -0.1) is 0 Å². The molecule has 0 spiro atoms. The maximum atomic E-state index is 15.0. The lowest BCUT2D eigenvalue weighted by Crippen LogP contribution is -2.67. The number of phosphoric acid groups is 1. The van der Waals surface area contributed by atoms with Gasteiger partial charge in [-0.05, 0) is 64.3 Å². The molecule has 7 rings (SSSR count). The van der Waals surface area contributed by atoms with Gasteiger partial charge in [0, 0.05) is 11.3 Å². The topological polar surface area (TPSA) is 275 Å². The molecule has 3 aliphatic heterocycles. The highest BCUT2D eigenvalue weighted by atomic mass is 31.2. The van der Waals surface area contributed by atoms with Crippen LogP contribution >= 0.6 is 7.82 Å². The molecule has 2 saturated heterocycles. The smallest absolute Gasteiger partial charge is 0.462 e.